The van der Waals surface area contributed by atoms with E-state index in [4.69, 9.17) is 14.6 Å². The average molecular weight is 334 g/mol. The van der Waals surface area contributed by atoms with Crippen LogP contribution >= 0.6 is 0 Å². The molecule has 130 valence electrons. The molecule has 0 radical (unpaired) electrons. The molecule has 23 heavy (non-hydrogen) atoms. The highest BCUT2D eigenvalue weighted by molar-refractivity contribution is 5.67. The van der Waals surface area contributed by atoms with Gasteiger partial charge in [-0.3, -0.25) is 0 Å². The third kappa shape index (κ3) is 2.82. The third-order valence-corrected chi connectivity index (χ3v) is 3.67. The molecule has 0 amide bonds. The minimum absolute atomic E-state index is 0.172. The van der Waals surface area contributed by atoms with E-state index < -0.39 is 66.1 Å². The van der Waals surface area contributed by atoms with Crippen LogP contribution in [0.25, 0.3) is 0 Å². The first kappa shape index (κ1) is 17.4. The van der Waals surface area contributed by atoms with E-state index >= 15 is 0 Å². The van der Waals surface area contributed by atoms with Crippen molar-refractivity contribution in [1.29, 1.82) is 0 Å². The number of aliphatic hydroxyl groups is 4. The van der Waals surface area contributed by atoms with Gasteiger partial charge in [-0.15, -0.1) is 0 Å². The Morgan fingerprint density at radius 1 is 0.870 bits per heavy atom. The van der Waals surface area contributed by atoms with E-state index in [1.54, 1.807) is 0 Å². The van der Waals surface area contributed by atoms with Crippen molar-refractivity contribution in [2.75, 3.05) is 6.61 Å². The molecule has 0 aliphatic carbocycles. The summed E-state index contributed by atoms with van der Waals surface area (Å²) in [7, 11) is 0. The molecule has 0 aromatic heterocycles. The molecule has 1 heterocycles. The lowest BCUT2D eigenvalue weighted by atomic mass is 9.99. The van der Waals surface area contributed by atoms with Gasteiger partial charge in [0.25, 0.3) is 0 Å². The molecular weight excluding hydrogens is 316 g/mol. The van der Waals surface area contributed by atoms with Gasteiger partial charge >= 0.3 is 0 Å². The third-order valence-electron chi connectivity index (χ3n) is 3.67. The SMILES string of the molecule is Cc1c(O)c(O)c(O)c(O)c1OC1O[C@H](CO)[C@@H](O)[C@H](O)[C@H]1O. The van der Waals surface area contributed by atoms with Crippen molar-refractivity contribution in [1.82, 2.24) is 0 Å². The van der Waals surface area contributed by atoms with Gasteiger partial charge in [0.1, 0.15) is 24.4 Å². The highest BCUT2D eigenvalue weighted by Gasteiger charge is 2.45. The van der Waals surface area contributed by atoms with E-state index in [9.17, 15) is 35.7 Å². The molecule has 8 N–H and O–H groups in total. The van der Waals surface area contributed by atoms with Crippen LogP contribution < -0.4 is 4.74 Å². The number of phenols is 4. The fourth-order valence-electron chi connectivity index (χ4n) is 2.22. The summed E-state index contributed by atoms with van der Waals surface area (Å²) in [6, 6.07) is 0. The molecule has 0 spiro atoms. The van der Waals surface area contributed by atoms with Crippen LogP contribution in [0.15, 0.2) is 0 Å². The summed E-state index contributed by atoms with van der Waals surface area (Å²) in [5, 5.41) is 76.6. The summed E-state index contributed by atoms with van der Waals surface area (Å²) in [5.41, 5.74) is -0.172. The normalized spacial score (nSPS) is 31.1. The number of rotatable bonds is 3. The smallest absolute Gasteiger partial charge is 0.229 e. The quantitative estimate of drug-likeness (QED) is 0.227. The number of phenolic OH excluding ortho intramolecular Hbond substituents is 4. The predicted octanol–water partition coefficient (Wildman–Crippen LogP) is -2.00. The van der Waals surface area contributed by atoms with Crippen LogP contribution in [0, 0.1) is 6.92 Å². The van der Waals surface area contributed by atoms with Crippen LogP contribution in [-0.4, -0.2) is 78.2 Å². The molecule has 10 heteroatoms. The summed E-state index contributed by atoms with van der Waals surface area (Å²) >= 11 is 0. The van der Waals surface area contributed by atoms with Gasteiger partial charge in [-0.25, -0.2) is 0 Å². The van der Waals surface area contributed by atoms with E-state index in [1.807, 2.05) is 0 Å². The largest absolute Gasteiger partial charge is 0.504 e. The van der Waals surface area contributed by atoms with Gasteiger partial charge in [0, 0.05) is 5.56 Å². The summed E-state index contributed by atoms with van der Waals surface area (Å²) in [5.74, 6) is -4.20. The van der Waals surface area contributed by atoms with Crippen LogP contribution in [0.1, 0.15) is 5.56 Å². The van der Waals surface area contributed by atoms with E-state index in [2.05, 4.69) is 0 Å². The first-order valence-corrected chi connectivity index (χ1v) is 6.64. The van der Waals surface area contributed by atoms with Crippen molar-refractivity contribution in [2.24, 2.45) is 0 Å². The fraction of sp³-hybridized carbons (Fsp3) is 0.538. The number of aliphatic hydroxyl groups excluding tert-OH is 4. The Balaban J connectivity index is 2.35. The van der Waals surface area contributed by atoms with Gasteiger partial charge in [-0.1, -0.05) is 0 Å². The zero-order valence-electron chi connectivity index (χ0n) is 12.0. The van der Waals surface area contributed by atoms with Gasteiger partial charge < -0.3 is 50.3 Å². The molecule has 1 fully saturated rings. The zero-order chi connectivity index (χ0) is 17.5. The van der Waals surface area contributed by atoms with Crippen molar-refractivity contribution >= 4 is 0 Å². The molecule has 10 nitrogen and oxygen atoms in total. The second kappa shape index (κ2) is 6.26. The molecule has 0 saturated carbocycles. The monoisotopic (exact) mass is 334 g/mol. The molecule has 1 aromatic rings. The lowest BCUT2D eigenvalue weighted by molar-refractivity contribution is -0.277. The van der Waals surface area contributed by atoms with Crippen LogP contribution in [0.2, 0.25) is 0 Å². The minimum Gasteiger partial charge on any atom is -0.504 e. The second-order valence-electron chi connectivity index (χ2n) is 5.16. The highest BCUT2D eigenvalue weighted by atomic mass is 16.7. The Hall–Kier alpha value is -1.98. The van der Waals surface area contributed by atoms with Gasteiger partial charge in [-0.2, -0.15) is 0 Å². The lowest BCUT2D eigenvalue weighted by Gasteiger charge is -2.39. The minimum atomic E-state index is -1.75. The maximum atomic E-state index is 9.86. The van der Waals surface area contributed by atoms with Gasteiger partial charge in [-0.05, 0) is 6.92 Å². The van der Waals surface area contributed by atoms with Crippen molar-refractivity contribution in [3.05, 3.63) is 5.56 Å². The van der Waals surface area contributed by atoms with Crippen molar-refractivity contribution < 1.29 is 50.3 Å². The van der Waals surface area contributed by atoms with Gasteiger partial charge in [0.15, 0.2) is 11.5 Å². The Morgan fingerprint density at radius 2 is 1.43 bits per heavy atom. The van der Waals surface area contributed by atoms with E-state index in [0.29, 0.717) is 0 Å². The number of hydrogen-bond donors (Lipinski definition) is 8. The molecule has 5 atom stereocenters. The Labute approximate surface area is 130 Å². The Morgan fingerprint density at radius 3 is 2.00 bits per heavy atom. The molecule has 2 rings (SSSR count). The fourth-order valence-corrected chi connectivity index (χ4v) is 2.22. The van der Waals surface area contributed by atoms with Crippen LogP contribution in [-0.2, 0) is 4.74 Å². The van der Waals surface area contributed by atoms with Crippen molar-refractivity contribution in [2.45, 2.75) is 37.6 Å². The van der Waals surface area contributed by atoms with Crippen LogP contribution in [0.5, 0.6) is 28.7 Å². The topological polar surface area (TPSA) is 180 Å². The highest BCUT2D eigenvalue weighted by Crippen LogP contribution is 2.51. The first-order valence-electron chi connectivity index (χ1n) is 6.64. The second-order valence-corrected chi connectivity index (χ2v) is 5.16. The van der Waals surface area contributed by atoms with Crippen molar-refractivity contribution in [3.8, 4) is 28.7 Å². The van der Waals surface area contributed by atoms with E-state index in [1.165, 1.54) is 6.92 Å². The van der Waals surface area contributed by atoms with Crippen molar-refractivity contribution in [3.63, 3.8) is 0 Å². The molecule has 1 aliphatic heterocycles. The standard InChI is InChI=1S/C13H18O10/c1-3-5(15)7(17)9(19)10(20)12(3)23-13-11(21)8(18)6(16)4(2-14)22-13/h4,6,8,11,13-21H,2H2,1H3/t4-,6-,8+,11-,13?/m1/s1. The zero-order valence-corrected chi connectivity index (χ0v) is 12.0. The average Bonchev–Trinajstić information content (AvgIpc) is 2.54. The summed E-state index contributed by atoms with van der Waals surface area (Å²) in [6.45, 7) is 0.565. The molecule has 0 bridgehead atoms. The number of aromatic hydroxyl groups is 4. The lowest BCUT2D eigenvalue weighted by Crippen LogP contribution is -2.60. The van der Waals surface area contributed by atoms with Crippen LogP contribution in [0.3, 0.4) is 0 Å². The Bertz CT molecular complexity index is 558. The van der Waals surface area contributed by atoms with E-state index in [-0.39, 0.29) is 5.56 Å². The Kier molecular flexibility index (Phi) is 4.73. The maximum absolute atomic E-state index is 9.86. The summed E-state index contributed by atoms with van der Waals surface area (Å²) in [4.78, 5) is 0. The van der Waals surface area contributed by atoms with Crippen LogP contribution in [0.4, 0.5) is 0 Å². The first-order chi connectivity index (χ1) is 10.7. The number of hydrogen-bond acceptors (Lipinski definition) is 10. The predicted molar refractivity (Wildman–Crippen MR) is 72.2 cm³/mol. The van der Waals surface area contributed by atoms with Gasteiger partial charge in [0.2, 0.25) is 23.5 Å². The molecule has 1 unspecified atom stereocenters. The summed E-state index contributed by atoms with van der Waals surface area (Å²) in [6.07, 6.45) is -7.90. The molecule has 1 aliphatic rings. The molecule has 1 saturated heterocycles. The van der Waals surface area contributed by atoms with E-state index in [0.717, 1.165) is 0 Å². The maximum Gasteiger partial charge on any atom is 0.229 e. The molecule has 1 aromatic carbocycles. The number of ether oxygens (including phenoxy) is 2. The van der Waals surface area contributed by atoms with Gasteiger partial charge in [0.05, 0.1) is 6.61 Å². The molecular formula is C13H18O10. The number of benzene rings is 1. The summed E-state index contributed by atoms with van der Waals surface area (Å²) < 4.78 is 10.2.